The molecule has 1 aromatic carbocycles. The molecule has 0 spiro atoms. The fourth-order valence-corrected chi connectivity index (χ4v) is 1.96. The molecule has 0 atom stereocenters. The first-order chi connectivity index (χ1) is 12.2. The average Bonchev–Trinajstić information content (AvgIpc) is 2.67. The van der Waals surface area contributed by atoms with Gasteiger partial charge in [0.2, 0.25) is 0 Å². The second kappa shape index (κ2) is 11.9. The van der Waals surface area contributed by atoms with E-state index < -0.39 is 0 Å². The Morgan fingerprint density at radius 2 is 1.88 bits per heavy atom. The normalized spacial score (nSPS) is 9.64. The van der Waals surface area contributed by atoms with Crippen molar-refractivity contribution in [1.29, 1.82) is 0 Å². The number of rotatable bonds is 8. The Bertz CT molecular complexity index is 606. The molecular formula is C18H29N5O2. The number of nitrogens with zero attached hydrogens (tertiary/aromatic N) is 1. The SMILES string of the molecule is CCNC.CNc1cc(Nc2ccccn2)c(NCCO)cc1OC. The molecule has 2 aromatic rings. The fraction of sp³-hybridized carbons (Fsp3) is 0.389. The number of benzene rings is 1. The van der Waals surface area contributed by atoms with Crippen molar-refractivity contribution < 1.29 is 9.84 Å². The Labute approximate surface area is 149 Å². The van der Waals surface area contributed by atoms with Gasteiger partial charge in [-0.1, -0.05) is 13.0 Å². The van der Waals surface area contributed by atoms with Gasteiger partial charge in [0, 0.05) is 25.9 Å². The molecule has 0 aliphatic heterocycles. The third-order valence-electron chi connectivity index (χ3n) is 3.32. The molecule has 5 N–H and O–H groups in total. The minimum absolute atomic E-state index is 0.0547. The second-order valence-corrected chi connectivity index (χ2v) is 5.05. The molecule has 1 heterocycles. The second-order valence-electron chi connectivity index (χ2n) is 5.05. The Hall–Kier alpha value is -2.51. The van der Waals surface area contributed by atoms with Gasteiger partial charge >= 0.3 is 0 Å². The highest BCUT2D eigenvalue weighted by Crippen LogP contribution is 2.35. The van der Waals surface area contributed by atoms with Crippen LogP contribution in [0.15, 0.2) is 36.5 Å². The highest BCUT2D eigenvalue weighted by atomic mass is 16.5. The molecule has 0 radical (unpaired) electrons. The summed E-state index contributed by atoms with van der Waals surface area (Å²) in [7, 11) is 5.39. The van der Waals surface area contributed by atoms with Crippen molar-refractivity contribution in [3.05, 3.63) is 36.5 Å². The first kappa shape index (κ1) is 20.5. The smallest absolute Gasteiger partial charge is 0.144 e. The van der Waals surface area contributed by atoms with E-state index in [2.05, 4.69) is 33.2 Å². The average molecular weight is 347 g/mol. The van der Waals surface area contributed by atoms with Crippen molar-refractivity contribution in [2.24, 2.45) is 0 Å². The number of methoxy groups -OCH3 is 1. The summed E-state index contributed by atoms with van der Waals surface area (Å²) in [4.78, 5) is 4.25. The summed E-state index contributed by atoms with van der Waals surface area (Å²) in [6.45, 7) is 3.65. The van der Waals surface area contributed by atoms with Crippen LogP contribution in [0.1, 0.15) is 6.92 Å². The number of anilines is 4. The van der Waals surface area contributed by atoms with Gasteiger partial charge in [-0.05, 0) is 31.8 Å². The van der Waals surface area contributed by atoms with Crippen LogP contribution in [0.4, 0.5) is 22.9 Å². The van der Waals surface area contributed by atoms with Crippen molar-refractivity contribution in [1.82, 2.24) is 10.3 Å². The maximum atomic E-state index is 9.00. The standard InChI is InChI=1S/C15H20N4O2.C3H9N/c1-16-13-9-12(19-15-5-3-4-6-18-15)11(17-7-8-20)10-14(13)21-2;1-3-4-2/h3-6,9-10,16-17,20H,7-8H2,1-2H3,(H,18,19);4H,3H2,1-2H3. The van der Waals surface area contributed by atoms with E-state index in [1.807, 2.05) is 44.4 Å². The number of aliphatic hydroxyl groups excluding tert-OH is 1. The van der Waals surface area contributed by atoms with Crippen molar-refractivity contribution in [2.45, 2.75) is 6.92 Å². The largest absolute Gasteiger partial charge is 0.495 e. The van der Waals surface area contributed by atoms with E-state index in [4.69, 9.17) is 9.84 Å². The van der Waals surface area contributed by atoms with Gasteiger partial charge in [-0.3, -0.25) is 0 Å². The van der Waals surface area contributed by atoms with Gasteiger partial charge in [-0.15, -0.1) is 0 Å². The predicted octanol–water partition coefficient (Wildman–Crippen LogP) is 2.51. The molecule has 0 unspecified atom stereocenters. The summed E-state index contributed by atoms with van der Waals surface area (Å²) in [6.07, 6.45) is 1.73. The topological polar surface area (TPSA) is 90.5 Å². The number of hydrogen-bond acceptors (Lipinski definition) is 7. The van der Waals surface area contributed by atoms with Crippen molar-refractivity contribution in [2.75, 3.05) is 56.9 Å². The molecule has 7 nitrogen and oxygen atoms in total. The lowest BCUT2D eigenvalue weighted by molar-refractivity contribution is 0.311. The number of pyridine rings is 1. The summed E-state index contributed by atoms with van der Waals surface area (Å²) < 4.78 is 5.35. The Balaban J connectivity index is 0.000000705. The van der Waals surface area contributed by atoms with Gasteiger partial charge < -0.3 is 31.1 Å². The number of nitrogens with one attached hydrogen (secondary N) is 4. The third-order valence-corrected chi connectivity index (χ3v) is 3.32. The highest BCUT2D eigenvalue weighted by molar-refractivity contribution is 5.81. The summed E-state index contributed by atoms with van der Waals surface area (Å²) in [5, 5.41) is 21.4. The first-order valence-electron chi connectivity index (χ1n) is 8.27. The Morgan fingerprint density at radius 1 is 1.12 bits per heavy atom. The van der Waals surface area contributed by atoms with Gasteiger partial charge in [-0.25, -0.2) is 4.98 Å². The molecule has 0 fully saturated rings. The van der Waals surface area contributed by atoms with Crippen LogP contribution < -0.4 is 26.0 Å². The van der Waals surface area contributed by atoms with Gasteiger partial charge in [0.1, 0.15) is 11.6 Å². The monoisotopic (exact) mass is 347 g/mol. The molecule has 0 saturated carbocycles. The van der Waals surface area contributed by atoms with Crippen LogP contribution in [0.25, 0.3) is 0 Å². The highest BCUT2D eigenvalue weighted by Gasteiger charge is 2.10. The quantitative estimate of drug-likeness (QED) is 0.501. The molecular weight excluding hydrogens is 318 g/mol. The van der Waals surface area contributed by atoms with Crippen LogP contribution in [0.5, 0.6) is 5.75 Å². The van der Waals surface area contributed by atoms with E-state index >= 15 is 0 Å². The number of aliphatic hydroxyl groups is 1. The third kappa shape index (κ3) is 6.86. The Morgan fingerprint density at radius 3 is 2.40 bits per heavy atom. The van der Waals surface area contributed by atoms with Crippen molar-refractivity contribution in [3.63, 3.8) is 0 Å². The lowest BCUT2D eigenvalue weighted by atomic mass is 10.2. The number of hydrogen-bond donors (Lipinski definition) is 5. The van der Waals surface area contributed by atoms with Crippen LogP contribution in [-0.4, -0.2) is 51.0 Å². The zero-order valence-electron chi connectivity index (χ0n) is 15.4. The van der Waals surface area contributed by atoms with E-state index in [0.717, 1.165) is 35.2 Å². The van der Waals surface area contributed by atoms with Gasteiger partial charge in [-0.2, -0.15) is 0 Å². The van der Waals surface area contributed by atoms with Gasteiger partial charge in [0.05, 0.1) is 30.8 Å². The van der Waals surface area contributed by atoms with Gasteiger partial charge in [0.25, 0.3) is 0 Å². The summed E-state index contributed by atoms with van der Waals surface area (Å²) in [5.74, 6) is 1.47. The van der Waals surface area contributed by atoms with Gasteiger partial charge in [0.15, 0.2) is 0 Å². The Kier molecular flexibility index (Phi) is 9.81. The summed E-state index contributed by atoms with van der Waals surface area (Å²) >= 11 is 0. The van der Waals surface area contributed by atoms with Crippen molar-refractivity contribution in [3.8, 4) is 5.75 Å². The minimum Gasteiger partial charge on any atom is -0.495 e. The maximum Gasteiger partial charge on any atom is 0.144 e. The van der Waals surface area contributed by atoms with E-state index in [0.29, 0.717) is 6.54 Å². The van der Waals surface area contributed by atoms with Crippen LogP contribution in [-0.2, 0) is 0 Å². The first-order valence-corrected chi connectivity index (χ1v) is 8.27. The van der Waals surface area contributed by atoms with Crippen LogP contribution in [0.3, 0.4) is 0 Å². The van der Waals surface area contributed by atoms with E-state index in [1.165, 1.54) is 0 Å². The molecule has 0 amide bonds. The minimum atomic E-state index is 0.0547. The molecule has 0 bridgehead atoms. The molecule has 2 rings (SSSR count). The molecule has 0 saturated heterocycles. The van der Waals surface area contributed by atoms with Crippen LogP contribution in [0, 0.1) is 0 Å². The van der Waals surface area contributed by atoms with Crippen LogP contribution >= 0.6 is 0 Å². The van der Waals surface area contributed by atoms with E-state index in [9.17, 15) is 0 Å². The van der Waals surface area contributed by atoms with Crippen molar-refractivity contribution >= 4 is 22.9 Å². The van der Waals surface area contributed by atoms with E-state index in [-0.39, 0.29) is 6.61 Å². The number of ether oxygens (including phenoxy) is 1. The maximum absolute atomic E-state index is 9.00. The zero-order valence-corrected chi connectivity index (χ0v) is 15.4. The molecule has 0 aliphatic rings. The predicted molar refractivity (Wildman–Crippen MR) is 105 cm³/mol. The molecule has 0 aliphatic carbocycles. The zero-order chi connectivity index (χ0) is 18.5. The molecule has 7 heteroatoms. The summed E-state index contributed by atoms with van der Waals surface area (Å²) in [6, 6.07) is 9.49. The lowest BCUT2D eigenvalue weighted by Crippen LogP contribution is -2.08. The molecule has 1 aromatic heterocycles. The number of aromatic nitrogens is 1. The van der Waals surface area contributed by atoms with Crippen LogP contribution in [0.2, 0.25) is 0 Å². The lowest BCUT2D eigenvalue weighted by Gasteiger charge is -2.17. The fourth-order valence-electron chi connectivity index (χ4n) is 1.96. The summed E-state index contributed by atoms with van der Waals surface area (Å²) in [5.41, 5.74) is 2.56. The molecule has 138 valence electrons. The molecule has 25 heavy (non-hydrogen) atoms. The van der Waals surface area contributed by atoms with E-state index in [1.54, 1.807) is 13.3 Å².